The summed E-state index contributed by atoms with van der Waals surface area (Å²) in [6.45, 7) is -1.25. The van der Waals surface area contributed by atoms with Gasteiger partial charge in [0.25, 0.3) is 5.56 Å². The van der Waals surface area contributed by atoms with Crippen LogP contribution in [0.4, 0.5) is 11.8 Å². The van der Waals surface area contributed by atoms with Crippen LogP contribution >= 0.6 is 15.6 Å². The van der Waals surface area contributed by atoms with Crippen molar-refractivity contribution in [2.24, 2.45) is 0 Å². The average molecular weight is 847 g/mol. The fourth-order valence-electron chi connectivity index (χ4n) is 6.89. The number of hydrogen-bond acceptors (Lipinski definition) is 18. The highest BCUT2D eigenvalue weighted by Crippen LogP contribution is 2.50. The largest absolute Gasteiger partial charge is 0.472 e. The average Bonchev–Trinajstić information content (AvgIpc) is 3.95. The van der Waals surface area contributed by atoms with Crippen LogP contribution < -0.4 is 16.6 Å². The molecule has 26 heteroatoms. The molecule has 0 amide bonds. The van der Waals surface area contributed by atoms with Crippen molar-refractivity contribution < 1.29 is 61.8 Å². The normalized spacial score (nSPS) is 26.2. The SMILES string of the molecule is COC1C(OP(=O)(O)OC[C@H]2O[C@@H](n3cnc4c(=O)[nH]c(N)nc43)C(O)C2O)[C@@H](COP(=O)(O)O)O[C@H]1n1cnc2c(NCc3ccc4ccccc4c3)ncnc21. The highest BCUT2D eigenvalue weighted by atomic mass is 31.2. The molecule has 6 aromatic rings. The van der Waals surface area contributed by atoms with Gasteiger partial charge < -0.3 is 50.2 Å². The summed E-state index contributed by atoms with van der Waals surface area (Å²) in [6.07, 6.45) is -7.86. The number of nitrogen functional groups attached to an aromatic ring is 1. The van der Waals surface area contributed by atoms with Crippen molar-refractivity contribution in [2.45, 2.75) is 55.6 Å². The Bertz CT molecular complexity index is 2620. The molecule has 6 heterocycles. The van der Waals surface area contributed by atoms with Crippen LogP contribution in [0.5, 0.6) is 0 Å². The summed E-state index contributed by atoms with van der Waals surface area (Å²) in [5.41, 5.74) is 6.36. The maximum absolute atomic E-state index is 13.5. The number of methoxy groups -OCH3 is 1. The highest BCUT2D eigenvalue weighted by molar-refractivity contribution is 7.47. The number of nitrogens with one attached hydrogen (secondary N) is 2. The molecule has 0 bridgehead atoms. The number of nitrogens with zero attached hydrogens (tertiary/aromatic N) is 7. The van der Waals surface area contributed by atoms with E-state index in [-0.39, 0.29) is 22.8 Å². The summed E-state index contributed by atoms with van der Waals surface area (Å²) >= 11 is 0. The minimum Gasteiger partial charge on any atom is -0.387 e. The van der Waals surface area contributed by atoms with Crippen LogP contribution in [-0.2, 0) is 43.5 Å². The molecule has 2 fully saturated rings. The van der Waals surface area contributed by atoms with E-state index in [1.54, 1.807) is 0 Å². The first-order chi connectivity index (χ1) is 27.7. The molecule has 8 rings (SSSR count). The number of imidazole rings is 2. The van der Waals surface area contributed by atoms with Crippen LogP contribution in [0.25, 0.3) is 33.1 Å². The van der Waals surface area contributed by atoms with Gasteiger partial charge in [0.05, 0.1) is 25.9 Å². The Hall–Kier alpha value is -4.78. The second-order valence-corrected chi connectivity index (χ2v) is 15.9. The molecule has 5 unspecified atom stereocenters. The topological polar surface area (TPSA) is 336 Å². The standard InChI is InChI=1S/C32H36N10O14P2/c1-51-25-24(56-58(49,50)53-10-18-22(43)23(44)30(54-18)42-14-38-21-28(42)39-32(33)40-29(21)45)19(11-52-57(46,47)48)55-31(25)41-13-37-20-26(35-12-36-27(20)41)34-9-15-6-7-16-4-2-3-5-17(16)8-15/h2-8,12-14,18-19,22-25,30-31,43-44H,9-11H2,1H3,(H,49,50)(H,34,35,36)(H2,46,47,48)(H3,33,39,40,45)/t18-,19-,22?,23?,24?,25?,30-,31-/m1/s1. The predicted molar refractivity (Wildman–Crippen MR) is 198 cm³/mol. The summed E-state index contributed by atoms with van der Waals surface area (Å²) in [5, 5.41) is 27.0. The number of nitrogens with two attached hydrogens (primary N) is 1. The molecule has 9 N–H and O–H groups in total. The molecule has 0 spiro atoms. The van der Waals surface area contributed by atoms with Crippen LogP contribution in [0.1, 0.15) is 18.0 Å². The summed E-state index contributed by atoms with van der Waals surface area (Å²) in [7, 11) is -9.00. The molecule has 2 saturated heterocycles. The number of ether oxygens (including phenoxy) is 3. The minimum absolute atomic E-state index is 0.0640. The monoisotopic (exact) mass is 846 g/mol. The Labute approximate surface area is 325 Å². The van der Waals surface area contributed by atoms with Gasteiger partial charge in [0.15, 0.2) is 40.6 Å². The van der Waals surface area contributed by atoms with Crippen molar-refractivity contribution in [1.29, 1.82) is 0 Å². The van der Waals surface area contributed by atoms with Crippen molar-refractivity contribution in [1.82, 2.24) is 39.0 Å². The van der Waals surface area contributed by atoms with E-state index in [0.717, 1.165) is 27.2 Å². The summed E-state index contributed by atoms with van der Waals surface area (Å²) < 4.78 is 60.6. The van der Waals surface area contributed by atoms with Gasteiger partial charge in [0.2, 0.25) is 5.95 Å². The van der Waals surface area contributed by atoms with Gasteiger partial charge in [-0.25, -0.2) is 29.1 Å². The van der Waals surface area contributed by atoms with Crippen LogP contribution in [0.2, 0.25) is 0 Å². The molecule has 0 radical (unpaired) electrons. The fourth-order valence-corrected chi connectivity index (χ4v) is 8.20. The molecule has 58 heavy (non-hydrogen) atoms. The van der Waals surface area contributed by atoms with E-state index in [1.165, 1.54) is 24.3 Å². The number of aromatic nitrogens is 8. The van der Waals surface area contributed by atoms with Gasteiger partial charge in [-0.15, -0.1) is 0 Å². The number of benzene rings is 2. The second kappa shape index (κ2) is 15.8. The first-order valence-corrected chi connectivity index (χ1v) is 20.4. The molecule has 24 nitrogen and oxygen atoms in total. The molecule has 2 aliphatic heterocycles. The maximum Gasteiger partial charge on any atom is 0.472 e. The molecule has 2 aromatic carbocycles. The van der Waals surface area contributed by atoms with Crippen LogP contribution in [0.3, 0.4) is 0 Å². The van der Waals surface area contributed by atoms with Gasteiger partial charge >= 0.3 is 15.6 Å². The lowest BCUT2D eigenvalue weighted by atomic mass is 10.1. The summed E-state index contributed by atoms with van der Waals surface area (Å²) in [4.78, 5) is 65.5. The zero-order valence-corrected chi connectivity index (χ0v) is 31.8. The van der Waals surface area contributed by atoms with Crippen LogP contribution in [0.15, 0.2) is 66.2 Å². The van der Waals surface area contributed by atoms with Crippen molar-refractivity contribution in [3.8, 4) is 0 Å². The van der Waals surface area contributed by atoms with E-state index < -0.39 is 83.5 Å². The van der Waals surface area contributed by atoms with E-state index >= 15 is 0 Å². The first-order valence-electron chi connectivity index (χ1n) is 17.4. The quantitative estimate of drug-likeness (QED) is 0.0690. The number of phosphoric ester groups is 2. The van der Waals surface area contributed by atoms with Gasteiger partial charge in [-0.05, 0) is 22.4 Å². The molecule has 9 atom stereocenters. The minimum atomic E-state index is -5.17. The smallest absolute Gasteiger partial charge is 0.387 e. The lowest BCUT2D eigenvalue weighted by Gasteiger charge is -2.26. The number of fused-ring (bicyclic) bond motifs is 3. The summed E-state index contributed by atoms with van der Waals surface area (Å²) in [5.74, 6) is 0.136. The van der Waals surface area contributed by atoms with Crippen LogP contribution in [0, 0.1) is 0 Å². The van der Waals surface area contributed by atoms with Gasteiger partial charge in [0, 0.05) is 13.7 Å². The number of anilines is 2. The zero-order chi connectivity index (χ0) is 40.9. The first kappa shape index (κ1) is 40.0. The van der Waals surface area contributed by atoms with E-state index in [9.17, 15) is 38.8 Å². The number of aromatic amines is 1. The molecule has 4 aromatic heterocycles. The highest BCUT2D eigenvalue weighted by Gasteiger charge is 2.52. The Morgan fingerprint density at radius 1 is 0.862 bits per heavy atom. The zero-order valence-electron chi connectivity index (χ0n) is 30.0. The Kier molecular flexibility index (Phi) is 10.9. The Morgan fingerprint density at radius 2 is 1.57 bits per heavy atom. The third kappa shape index (κ3) is 7.98. The molecule has 308 valence electrons. The fraction of sp³-hybridized carbons (Fsp3) is 0.375. The molecular weight excluding hydrogens is 810 g/mol. The number of aliphatic hydroxyl groups excluding tert-OH is 2. The van der Waals surface area contributed by atoms with Crippen molar-refractivity contribution in [2.75, 3.05) is 31.4 Å². The number of hydrogen-bond donors (Lipinski definition) is 8. The van der Waals surface area contributed by atoms with Crippen molar-refractivity contribution >= 4 is 60.5 Å². The number of rotatable bonds is 14. The predicted octanol–water partition coefficient (Wildman–Crippen LogP) is 0.450. The third-order valence-corrected chi connectivity index (χ3v) is 11.1. The van der Waals surface area contributed by atoms with Crippen molar-refractivity contribution in [3.63, 3.8) is 0 Å². The lowest BCUT2D eigenvalue weighted by molar-refractivity contribution is -0.0582. The number of H-pyrrole nitrogens is 1. The molecule has 0 saturated carbocycles. The van der Waals surface area contributed by atoms with Crippen molar-refractivity contribution in [3.05, 3.63) is 77.4 Å². The third-order valence-electron chi connectivity index (χ3n) is 9.59. The van der Waals surface area contributed by atoms with E-state index in [2.05, 4.69) is 35.2 Å². The molecular formula is C32H36N10O14P2. The molecule has 0 aliphatic carbocycles. The van der Waals surface area contributed by atoms with E-state index in [4.69, 9.17) is 33.5 Å². The maximum atomic E-state index is 13.5. The summed E-state index contributed by atoms with van der Waals surface area (Å²) in [6, 6.07) is 14.0. The van der Waals surface area contributed by atoms with Crippen LogP contribution in [-0.4, -0.2) is 121 Å². The van der Waals surface area contributed by atoms with E-state index in [1.807, 2.05) is 42.5 Å². The Morgan fingerprint density at radius 3 is 2.33 bits per heavy atom. The Balaban J connectivity index is 0.990. The van der Waals surface area contributed by atoms with Gasteiger partial charge in [-0.2, -0.15) is 4.98 Å². The van der Waals surface area contributed by atoms with Gasteiger partial charge in [-0.3, -0.25) is 32.5 Å². The lowest BCUT2D eigenvalue weighted by Crippen LogP contribution is -2.38. The second-order valence-electron chi connectivity index (χ2n) is 13.3. The van der Waals surface area contributed by atoms with Gasteiger partial charge in [-0.1, -0.05) is 36.4 Å². The number of aliphatic hydroxyl groups is 2. The molecule has 2 aliphatic rings. The van der Waals surface area contributed by atoms with E-state index in [0.29, 0.717) is 17.9 Å². The number of phosphoric acid groups is 2. The van der Waals surface area contributed by atoms with Gasteiger partial charge in [0.1, 0.15) is 43.0 Å².